The highest BCUT2D eigenvalue weighted by molar-refractivity contribution is 5.87. The van der Waals surface area contributed by atoms with Crippen LogP contribution in [0.15, 0.2) is 61.7 Å². The lowest BCUT2D eigenvalue weighted by atomic mass is 10.1. The van der Waals surface area contributed by atoms with E-state index in [4.69, 9.17) is 4.74 Å². The molecule has 0 aliphatic carbocycles. The van der Waals surface area contributed by atoms with Crippen LogP contribution in [0.4, 0.5) is 17.8 Å². The molecule has 8 nitrogen and oxygen atoms in total. The molecule has 1 aromatic heterocycles. The molecule has 0 radical (unpaired) electrons. The van der Waals surface area contributed by atoms with E-state index in [1.54, 1.807) is 18.2 Å². The van der Waals surface area contributed by atoms with Crippen LogP contribution >= 0.6 is 0 Å². The summed E-state index contributed by atoms with van der Waals surface area (Å²) in [4.78, 5) is 27.6. The molecule has 8 heteroatoms. The maximum Gasteiger partial charge on any atom is 0.331 e. The molecule has 31 heavy (non-hydrogen) atoms. The molecular weight excluding hydrogens is 392 g/mol. The van der Waals surface area contributed by atoms with Crippen molar-refractivity contribution in [3.63, 3.8) is 0 Å². The van der Waals surface area contributed by atoms with E-state index < -0.39 is 0 Å². The number of ether oxygens (including phenoxy) is 1. The standard InChI is InChI=1S/C23H28N6O2/c1-3-14-24-21-26-22(25-15-4-2)28-23(27-21)29-16-12-19(13-17-29)31-20(30)11-10-18-8-6-5-7-9-18/h3-11,19H,1-2,12-17H2,(H2,24,25,26,27,28). The molecule has 2 N–H and O–H groups in total. The second-order valence-corrected chi connectivity index (χ2v) is 6.99. The number of esters is 1. The number of anilines is 3. The zero-order valence-electron chi connectivity index (χ0n) is 17.5. The molecule has 1 aromatic carbocycles. The summed E-state index contributed by atoms with van der Waals surface area (Å²) in [6, 6.07) is 9.67. The lowest BCUT2D eigenvalue weighted by Gasteiger charge is -2.31. The van der Waals surface area contributed by atoms with E-state index >= 15 is 0 Å². The molecule has 1 aliphatic rings. The summed E-state index contributed by atoms with van der Waals surface area (Å²) >= 11 is 0. The largest absolute Gasteiger partial charge is 0.459 e. The van der Waals surface area contributed by atoms with Crippen LogP contribution in [0.5, 0.6) is 0 Å². The van der Waals surface area contributed by atoms with Gasteiger partial charge in [-0.1, -0.05) is 42.5 Å². The number of hydrogen-bond acceptors (Lipinski definition) is 8. The van der Waals surface area contributed by atoms with E-state index in [0.717, 1.165) is 5.56 Å². The predicted molar refractivity (Wildman–Crippen MR) is 124 cm³/mol. The number of carbonyl (C=O) groups is 1. The number of rotatable bonds is 10. The number of nitrogens with one attached hydrogen (secondary N) is 2. The molecule has 2 aromatic rings. The van der Waals surface area contributed by atoms with Gasteiger partial charge in [-0.25, -0.2) is 4.79 Å². The van der Waals surface area contributed by atoms with Crippen LogP contribution in [0.3, 0.4) is 0 Å². The number of nitrogens with zero attached hydrogens (tertiary/aromatic N) is 4. The van der Waals surface area contributed by atoms with Gasteiger partial charge in [0.15, 0.2) is 0 Å². The Hall–Kier alpha value is -3.68. The van der Waals surface area contributed by atoms with E-state index in [0.29, 0.717) is 56.9 Å². The molecule has 0 saturated carbocycles. The van der Waals surface area contributed by atoms with Crippen molar-refractivity contribution >= 4 is 29.9 Å². The number of benzene rings is 1. The Balaban J connectivity index is 1.56. The van der Waals surface area contributed by atoms with Gasteiger partial charge in [0.25, 0.3) is 0 Å². The summed E-state index contributed by atoms with van der Waals surface area (Å²) in [6.07, 6.45) is 8.02. The third kappa shape index (κ3) is 6.95. The zero-order valence-corrected chi connectivity index (χ0v) is 17.5. The quantitative estimate of drug-likeness (QED) is 0.344. The molecule has 0 unspecified atom stereocenters. The van der Waals surface area contributed by atoms with E-state index in [9.17, 15) is 4.79 Å². The number of piperidine rings is 1. The normalized spacial score (nSPS) is 14.3. The molecular formula is C23H28N6O2. The Kier molecular flexibility index (Phi) is 8.16. The van der Waals surface area contributed by atoms with Crippen LogP contribution in [0, 0.1) is 0 Å². The first kappa shape index (κ1) is 22.0. The Morgan fingerprint density at radius 1 is 1.03 bits per heavy atom. The lowest BCUT2D eigenvalue weighted by molar-refractivity contribution is -0.143. The molecule has 1 saturated heterocycles. The second kappa shape index (κ2) is 11.5. The van der Waals surface area contributed by atoms with E-state index in [-0.39, 0.29) is 12.1 Å². The van der Waals surface area contributed by atoms with Crippen molar-refractivity contribution in [1.82, 2.24) is 15.0 Å². The predicted octanol–water partition coefficient (Wildman–Crippen LogP) is 3.29. The highest BCUT2D eigenvalue weighted by Crippen LogP contribution is 2.20. The molecule has 1 aliphatic heterocycles. The van der Waals surface area contributed by atoms with Crippen LogP contribution in [-0.2, 0) is 9.53 Å². The summed E-state index contributed by atoms with van der Waals surface area (Å²) in [5, 5.41) is 6.21. The first-order valence-electron chi connectivity index (χ1n) is 10.3. The van der Waals surface area contributed by atoms with Gasteiger partial charge in [-0.15, -0.1) is 13.2 Å². The van der Waals surface area contributed by atoms with Gasteiger partial charge in [0.2, 0.25) is 17.8 Å². The van der Waals surface area contributed by atoms with Crippen LogP contribution in [-0.4, -0.2) is 53.2 Å². The highest BCUT2D eigenvalue weighted by Gasteiger charge is 2.24. The van der Waals surface area contributed by atoms with Crippen molar-refractivity contribution < 1.29 is 9.53 Å². The van der Waals surface area contributed by atoms with Crippen LogP contribution in [0.1, 0.15) is 18.4 Å². The molecule has 162 valence electrons. The minimum atomic E-state index is -0.325. The van der Waals surface area contributed by atoms with Gasteiger partial charge in [-0.2, -0.15) is 15.0 Å². The summed E-state index contributed by atoms with van der Waals surface area (Å²) in [5.74, 6) is 1.23. The first-order valence-corrected chi connectivity index (χ1v) is 10.3. The lowest BCUT2D eigenvalue weighted by Crippen LogP contribution is -2.38. The molecule has 3 rings (SSSR count). The SMILES string of the molecule is C=CCNc1nc(NCC=C)nc(N2CCC(OC(=O)C=Cc3ccccc3)CC2)n1. The topological polar surface area (TPSA) is 92.3 Å². The average Bonchev–Trinajstić information content (AvgIpc) is 2.81. The fourth-order valence-corrected chi connectivity index (χ4v) is 3.10. The van der Waals surface area contributed by atoms with Crippen molar-refractivity contribution in [2.24, 2.45) is 0 Å². The Bertz CT molecular complexity index is 877. The van der Waals surface area contributed by atoms with Gasteiger partial charge in [0, 0.05) is 45.1 Å². The Morgan fingerprint density at radius 2 is 1.65 bits per heavy atom. The molecule has 0 bridgehead atoms. The van der Waals surface area contributed by atoms with Gasteiger partial charge in [0.1, 0.15) is 6.10 Å². The maximum atomic E-state index is 12.1. The van der Waals surface area contributed by atoms with Crippen LogP contribution < -0.4 is 15.5 Å². The monoisotopic (exact) mass is 420 g/mol. The molecule has 0 atom stereocenters. The third-order valence-electron chi connectivity index (χ3n) is 4.65. The van der Waals surface area contributed by atoms with Gasteiger partial charge < -0.3 is 20.3 Å². The minimum absolute atomic E-state index is 0.122. The smallest absolute Gasteiger partial charge is 0.331 e. The van der Waals surface area contributed by atoms with Crippen molar-refractivity contribution in [3.05, 3.63) is 67.3 Å². The molecule has 0 amide bonds. The van der Waals surface area contributed by atoms with E-state index in [1.807, 2.05) is 30.3 Å². The van der Waals surface area contributed by atoms with Crippen LogP contribution in [0.2, 0.25) is 0 Å². The first-order chi connectivity index (χ1) is 15.2. The van der Waals surface area contributed by atoms with E-state index in [2.05, 4.69) is 43.6 Å². The highest BCUT2D eigenvalue weighted by atomic mass is 16.5. The fraction of sp³-hybridized carbons (Fsp3) is 0.304. The maximum absolute atomic E-state index is 12.1. The number of hydrogen-bond donors (Lipinski definition) is 2. The molecule has 2 heterocycles. The second-order valence-electron chi connectivity index (χ2n) is 6.99. The van der Waals surface area contributed by atoms with Crippen molar-refractivity contribution in [2.75, 3.05) is 41.7 Å². The molecule has 1 fully saturated rings. The van der Waals surface area contributed by atoms with Gasteiger partial charge in [-0.3, -0.25) is 0 Å². The Labute approximate surface area is 182 Å². The van der Waals surface area contributed by atoms with Crippen molar-refractivity contribution in [3.8, 4) is 0 Å². The van der Waals surface area contributed by atoms with Crippen molar-refractivity contribution in [2.45, 2.75) is 18.9 Å². The third-order valence-corrected chi connectivity index (χ3v) is 4.65. The average molecular weight is 421 g/mol. The molecule has 0 spiro atoms. The summed E-state index contributed by atoms with van der Waals surface area (Å²) in [7, 11) is 0. The summed E-state index contributed by atoms with van der Waals surface area (Å²) in [5.41, 5.74) is 0.964. The van der Waals surface area contributed by atoms with Crippen molar-refractivity contribution in [1.29, 1.82) is 0 Å². The zero-order chi connectivity index (χ0) is 21.9. The van der Waals surface area contributed by atoms with Gasteiger partial charge in [-0.05, 0) is 11.6 Å². The van der Waals surface area contributed by atoms with Gasteiger partial charge >= 0.3 is 5.97 Å². The summed E-state index contributed by atoms with van der Waals surface area (Å²) < 4.78 is 5.60. The summed E-state index contributed by atoms with van der Waals surface area (Å²) in [6.45, 7) is 9.89. The number of aromatic nitrogens is 3. The Morgan fingerprint density at radius 3 is 2.23 bits per heavy atom. The minimum Gasteiger partial charge on any atom is -0.459 e. The van der Waals surface area contributed by atoms with E-state index in [1.165, 1.54) is 6.08 Å². The fourth-order valence-electron chi connectivity index (χ4n) is 3.10. The van der Waals surface area contributed by atoms with Gasteiger partial charge in [0.05, 0.1) is 0 Å². The van der Waals surface area contributed by atoms with Crippen LogP contribution in [0.25, 0.3) is 6.08 Å². The number of carbonyl (C=O) groups excluding carboxylic acids is 1.